The average molecular weight is 683 g/mol. The fourth-order valence-corrected chi connectivity index (χ4v) is 4.78. The highest BCUT2D eigenvalue weighted by Crippen LogP contribution is 2.35. The zero-order chi connectivity index (χ0) is 34.9. The molecule has 10 heteroatoms. The van der Waals surface area contributed by atoms with Crippen LogP contribution in [0.25, 0.3) is 0 Å². The van der Waals surface area contributed by atoms with Crippen molar-refractivity contribution in [1.29, 1.82) is 0 Å². The van der Waals surface area contributed by atoms with Crippen LogP contribution < -0.4 is 0 Å². The van der Waals surface area contributed by atoms with E-state index in [1.54, 1.807) is 0 Å². The maximum atomic E-state index is 12.3. The second kappa shape index (κ2) is 32.3. The Labute approximate surface area is 284 Å². The Kier molecular flexibility index (Phi) is 30.7. The van der Waals surface area contributed by atoms with Crippen molar-refractivity contribution < 1.29 is 43.0 Å². The van der Waals surface area contributed by atoms with Crippen LogP contribution in [-0.4, -0.2) is 52.3 Å². The molecular weight excluding hydrogens is 619 g/mol. The lowest BCUT2D eigenvalue weighted by Crippen LogP contribution is -2.29. The highest BCUT2D eigenvalue weighted by Gasteiger charge is 2.22. The molecule has 3 N–H and O–H groups in total. The minimum Gasteiger partial charge on any atom is -0.462 e. The zero-order valence-corrected chi connectivity index (χ0v) is 29.9. The van der Waals surface area contributed by atoms with Gasteiger partial charge in [-0.05, 0) is 70.6 Å². The number of aliphatic hydroxyl groups excluding tert-OH is 1. The summed E-state index contributed by atoms with van der Waals surface area (Å²) < 4.78 is 26.1. The number of ether oxygens (including phenoxy) is 2. The summed E-state index contributed by atoms with van der Waals surface area (Å²) in [6.45, 7) is 3.36. The Morgan fingerprint density at radius 1 is 0.638 bits per heavy atom. The second-order valence-electron chi connectivity index (χ2n) is 11.7. The summed E-state index contributed by atoms with van der Waals surface area (Å²) in [5.74, 6) is -0.990. The fourth-order valence-electron chi connectivity index (χ4n) is 4.42. The topological polar surface area (TPSA) is 140 Å². The summed E-state index contributed by atoms with van der Waals surface area (Å²) in [5.41, 5.74) is 0. The van der Waals surface area contributed by atoms with Crippen molar-refractivity contribution in [3.8, 4) is 0 Å². The Hall–Kier alpha value is -2.29. The summed E-state index contributed by atoms with van der Waals surface area (Å²) >= 11 is 0. The van der Waals surface area contributed by atoms with Crippen molar-refractivity contribution >= 4 is 19.8 Å². The molecular formula is C37H63O9P. The number of phosphoric ester groups is 1. The number of hydrogen-bond donors (Lipinski definition) is 3. The molecule has 0 saturated carbocycles. The summed E-state index contributed by atoms with van der Waals surface area (Å²) in [4.78, 5) is 42.5. The van der Waals surface area contributed by atoms with Gasteiger partial charge in [0.2, 0.25) is 0 Å². The SMILES string of the molecule is CCCC/C=C\CCCCCCCC(=O)O[C@H](COC(=O)CCC/C=C\C/C=C\C/C=C\C/C=C\CC(O)CCC)COP(=O)(O)O. The first-order valence-electron chi connectivity index (χ1n) is 17.7. The maximum absolute atomic E-state index is 12.3. The molecule has 1 unspecified atom stereocenters. The molecule has 0 aromatic rings. The molecule has 0 saturated heterocycles. The molecule has 0 spiro atoms. The third kappa shape index (κ3) is 34.9. The first-order valence-corrected chi connectivity index (χ1v) is 19.2. The van der Waals surface area contributed by atoms with Gasteiger partial charge in [-0.25, -0.2) is 4.57 Å². The van der Waals surface area contributed by atoms with Gasteiger partial charge in [-0.15, -0.1) is 0 Å². The number of rotatable bonds is 31. The van der Waals surface area contributed by atoms with Crippen molar-refractivity contribution in [2.24, 2.45) is 0 Å². The number of unbranched alkanes of at least 4 members (excludes halogenated alkanes) is 8. The van der Waals surface area contributed by atoms with Gasteiger partial charge in [0.05, 0.1) is 12.7 Å². The van der Waals surface area contributed by atoms with Crippen LogP contribution in [0.5, 0.6) is 0 Å². The maximum Gasteiger partial charge on any atom is 0.469 e. The quantitative estimate of drug-likeness (QED) is 0.0283. The van der Waals surface area contributed by atoms with Gasteiger partial charge in [-0.3, -0.25) is 14.1 Å². The average Bonchev–Trinajstić information content (AvgIpc) is 3.02. The van der Waals surface area contributed by atoms with E-state index in [2.05, 4.69) is 60.9 Å². The minimum absolute atomic E-state index is 0.172. The van der Waals surface area contributed by atoms with Gasteiger partial charge >= 0.3 is 19.8 Å². The smallest absolute Gasteiger partial charge is 0.462 e. The molecule has 9 nitrogen and oxygen atoms in total. The van der Waals surface area contributed by atoms with E-state index in [9.17, 15) is 19.3 Å². The number of aliphatic hydroxyl groups is 1. The van der Waals surface area contributed by atoms with Crippen molar-refractivity contribution in [2.45, 2.75) is 148 Å². The Bertz CT molecular complexity index is 965. The van der Waals surface area contributed by atoms with Crippen molar-refractivity contribution in [1.82, 2.24) is 0 Å². The lowest BCUT2D eigenvalue weighted by atomic mass is 10.1. The van der Waals surface area contributed by atoms with Gasteiger partial charge in [0, 0.05) is 12.8 Å². The normalized spacial score (nSPS) is 13.9. The van der Waals surface area contributed by atoms with E-state index >= 15 is 0 Å². The van der Waals surface area contributed by atoms with Crippen LogP contribution in [-0.2, 0) is 28.2 Å². The minimum atomic E-state index is -4.77. The fraction of sp³-hybridized carbons (Fsp3) is 0.676. The van der Waals surface area contributed by atoms with Crippen molar-refractivity contribution in [2.75, 3.05) is 13.2 Å². The second-order valence-corrected chi connectivity index (χ2v) is 12.9. The predicted molar refractivity (Wildman–Crippen MR) is 190 cm³/mol. The number of phosphoric acid groups is 1. The third-order valence-corrected chi connectivity index (χ3v) is 7.55. The van der Waals surface area contributed by atoms with E-state index in [4.69, 9.17) is 19.3 Å². The van der Waals surface area contributed by atoms with Gasteiger partial charge in [0.25, 0.3) is 0 Å². The molecule has 0 aliphatic carbocycles. The van der Waals surface area contributed by atoms with E-state index in [1.165, 1.54) is 12.8 Å². The zero-order valence-electron chi connectivity index (χ0n) is 29.0. The molecule has 0 aliphatic rings. The molecule has 0 aromatic heterocycles. The summed E-state index contributed by atoms with van der Waals surface area (Å²) in [7, 11) is -4.77. The summed E-state index contributed by atoms with van der Waals surface area (Å²) in [6, 6.07) is 0. The molecule has 0 rings (SSSR count). The van der Waals surface area contributed by atoms with Crippen molar-refractivity contribution in [3.63, 3.8) is 0 Å². The molecule has 2 atom stereocenters. The molecule has 0 aromatic carbocycles. The number of carbonyl (C=O) groups is 2. The number of carbonyl (C=O) groups excluding carboxylic acids is 2. The highest BCUT2D eigenvalue weighted by atomic mass is 31.2. The van der Waals surface area contributed by atoms with Crippen LogP contribution in [0, 0.1) is 0 Å². The first-order chi connectivity index (χ1) is 22.7. The number of esters is 2. The van der Waals surface area contributed by atoms with E-state index in [0.29, 0.717) is 25.7 Å². The third-order valence-electron chi connectivity index (χ3n) is 7.06. The van der Waals surface area contributed by atoms with Crippen LogP contribution in [0.2, 0.25) is 0 Å². The van der Waals surface area contributed by atoms with E-state index < -0.39 is 32.5 Å². The lowest BCUT2D eigenvalue weighted by molar-refractivity contribution is -0.161. The predicted octanol–water partition coefficient (Wildman–Crippen LogP) is 9.14. The van der Waals surface area contributed by atoms with Crippen LogP contribution in [0.4, 0.5) is 0 Å². The highest BCUT2D eigenvalue weighted by molar-refractivity contribution is 7.46. The monoisotopic (exact) mass is 682 g/mol. The van der Waals surface area contributed by atoms with Gasteiger partial charge in [0.15, 0.2) is 6.10 Å². The molecule has 0 heterocycles. The van der Waals surface area contributed by atoms with Gasteiger partial charge < -0.3 is 24.4 Å². The molecule has 0 amide bonds. The number of allylic oxidation sites excluding steroid dienone is 9. The summed E-state index contributed by atoms with van der Waals surface area (Å²) in [5, 5.41) is 9.68. The lowest BCUT2D eigenvalue weighted by Gasteiger charge is -2.18. The molecule has 0 aliphatic heterocycles. The van der Waals surface area contributed by atoms with Crippen LogP contribution in [0.1, 0.15) is 136 Å². The van der Waals surface area contributed by atoms with E-state index in [0.717, 1.165) is 70.6 Å². The number of hydrogen-bond acceptors (Lipinski definition) is 7. The van der Waals surface area contributed by atoms with E-state index in [1.807, 2.05) is 18.2 Å². The first kappa shape index (κ1) is 44.7. The van der Waals surface area contributed by atoms with Crippen LogP contribution in [0.15, 0.2) is 60.8 Å². The Balaban J connectivity index is 4.14. The molecule has 0 fully saturated rings. The van der Waals surface area contributed by atoms with E-state index in [-0.39, 0.29) is 25.6 Å². The Morgan fingerprint density at radius 3 is 1.81 bits per heavy atom. The van der Waals surface area contributed by atoms with Gasteiger partial charge in [0.1, 0.15) is 6.61 Å². The van der Waals surface area contributed by atoms with Crippen LogP contribution in [0.3, 0.4) is 0 Å². The molecule has 270 valence electrons. The molecule has 47 heavy (non-hydrogen) atoms. The van der Waals surface area contributed by atoms with Crippen LogP contribution >= 0.6 is 7.82 Å². The van der Waals surface area contributed by atoms with Gasteiger partial charge in [-0.2, -0.15) is 0 Å². The largest absolute Gasteiger partial charge is 0.469 e. The molecule has 0 radical (unpaired) electrons. The molecule has 0 bridgehead atoms. The Morgan fingerprint density at radius 2 is 1.17 bits per heavy atom. The summed E-state index contributed by atoms with van der Waals surface area (Å²) in [6.07, 6.45) is 35.9. The standard InChI is InChI=1S/C37H63O9P/c1-3-5-6-7-8-9-13-18-21-24-27-31-37(40)46-35(33-45-47(41,42)43)32-44-36(39)30-26-23-20-17-15-12-10-11-14-16-19-22-25-29-34(38)28-4-2/h7-8,10,12,14,16-17,20,22,25,34-35,38H,3-6,9,11,13,15,18-19,21,23-24,26-33H2,1-2H3,(H2,41,42,43)/b8-7-,12-10-,16-14-,20-17-,25-22-/t34?,35-/m1/s1. The van der Waals surface area contributed by atoms with Crippen molar-refractivity contribution in [3.05, 3.63) is 60.8 Å². The van der Waals surface area contributed by atoms with Gasteiger partial charge in [-0.1, -0.05) is 113 Å².